The Bertz CT molecular complexity index is 1440. The topological polar surface area (TPSA) is 15.6 Å². The number of aliphatic imine (C=N–C) groups is 1. The lowest BCUT2D eigenvalue weighted by Crippen LogP contribution is -2.35. The van der Waals surface area contributed by atoms with E-state index in [1.54, 1.807) is 11.8 Å². The number of hydrogen-bond donors (Lipinski definition) is 0. The summed E-state index contributed by atoms with van der Waals surface area (Å²) in [5, 5.41) is 4.46. The van der Waals surface area contributed by atoms with Crippen molar-refractivity contribution in [3.8, 4) is 0 Å². The van der Waals surface area contributed by atoms with Crippen molar-refractivity contribution in [1.82, 2.24) is 4.90 Å². The first kappa shape index (κ1) is 22.7. The minimum atomic E-state index is -0.248. The number of hydrogen-bond acceptors (Lipinski definition) is 3. The maximum atomic E-state index is 13.7. The van der Waals surface area contributed by atoms with Crippen molar-refractivity contribution in [2.75, 3.05) is 0 Å². The quantitative estimate of drug-likeness (QED) is 0.343. The summed E-state index contributed by atoms with van der Waals surface area (Å²) >= 11 is 14.9. The molecule has 2 nitrogen and oxygen atoms in total. The van der Waals surface area contributed by atoms with Gasteiger partial charge >= 0.3 is 0 Å². The Morgan fingerprint density at radius 3 is 2.43 bits per heavy atom. The molecule has 3 aromatic carbocycles. The van der Waals surface area contributed by atoms with Crippen LogP contribution < -0.4 is 0 Å². The van der Waals surface area contributed by atoms with Crippen LogP contribution in [0.4, 0.5) is 4.39 Å². The Morgan fingerprint density at radius 2 is 1.66 bits per heavy atom. The minimum Gasteiger partial charge on any atom is -0.308 e. The van der Waals surface area contributed by atoms with Crippen LogP contribution in [0.2, 0.25) is 10.0 Å². The van der Waals surface area contributed by atoms with Gasteiger partial charge < -0.3 is 4.90 Å². The van der Waals surface area contributed by atoms with Gasteiger partial charge in [0.15, 0.2) is 5.17 Å². The molecule has 0 radical (unpaired) electrons. The standard InChI is InChI=1S/C29H21Cl2FN2S/c30-24-10-3-1-6-19(24)16-20-7-5-9-23-27(20)33-29-34(28(23)22-8-2-4-11-25(22)31)26(17-35-29)18-12-14-21(32)15-13-18/h1-4,6,8,10-17,28H,5,7,9H2/b20-16+/t28-/m1/s1. The van der Waals surface area contributed by atoms with E-state index in [-0.39, 0.29) is 11.9 Å². The molecular formula is C29H21Cl2FN2S. The molecule has 3 aliphatic rings. The van der Waals surface area contributed by atoms with Crippen LogP contribution in [-0.2, 0) is 0 Å². The van der Waals surface area contributed by atoms with Gasteiger partial charge in [0.25, 0.3) is 0 Å². The number of thioether (sulfide) groups is 1. The van der Waals surface area contributed by atoms with E-state index in [1.165, 1.54) is 23.3 Å². The zero-order chi connectivity index (χ0) is 23.9. The maximum Gasteiger partial charge on any atom is 0.174 e. The molecule has 0 saturated carbocycles. The van der Waals surface area contributed by atoms with Gasteiger partial charge in [-0.15, -0.1) is 0 Å². The molecule has 0 saturated heterocycles. The summed E-state index contributed by atoms with van der Waals surface area (Å²) in [6, 6.07) is 22.5. The summed E-state index contributed by atoms with van der Waals surface area (Å²) in [4.78, 5) is 7.44. The molecule has 35 heavy (non-hydrogen) atoms. The van der Waals surface area contributed by atoms with E-state index < -0.39 is 0 Å². The highest BCUT2D eigenvalue weighted by Gasteiger charge is 2.40. The van der Waals surface area contributed by atoms with Crippen LogP contribution in [0.3, 0.4) is 0 Å². The number of benzene rings is 3. The van der Waals surface area contributed by atoms with E-state index in [0.29, 0.717) is 0 Å². The van der Waals surface area contributed by atoms with Gasteiger partial charge in [0.2, 0.25) is 0 Å². The highest BCUT2D eigenvalue weighted by molar-refractivity contribution is 8.16. The number of rotatable bonds is 3. The van der Waals surface area contributed by atoms with Crippen LogP contribution in [0.25, 0.3) is 11.8 Å². The summed E-state index contributed by atoms with van der Waals surface area (Å²) in [5.74, 6) is -0.248. The maximum absolute atomic E-state index is 13.7. The molecule has 1 aliphatic carbocycles. The summed E-state index contributed by atoms with van der Waals surface area (Å²) < 4.78 is 13.7. The van der Waals surface area contributed by atoms with E-state index in [1.807, 2.05) is 54.6 Å². The van der Waals surface area contributed by atoms with Crippen LogP contribution in [-0.4, -0.2) is 10.1 Å². The third-order valence-electron chi connectivity index (χ3n) is 6.61. The molecule has 0 unspecified atom stereocenters. The highest BCUT2D eigenvalue weighted by Crippen LogP contribution is 2.52. The lowest BCUT2D eigenvalue weighted by Gasteiger charge is -2.40. The third kappa shape index (κ3) is 4.14. The van der Waals surface area contributed by atoms with E-state index >= 15 is 0 Å². The molecule has 2 heterocycles. The number of nitrogens with zero attached hydrogens (tertiary/aromatic N) is 2. The summed E-state index contributed by atoms with van der Waals surface area (Å²) in [5.41, 5.74) is 7.48. The SMILES string of the molecule is Fc1ccc(C2=CSC3=NC4=C(CCC/C4=C\c4ccccc4Cl)[C@@H](c4ccccc4Cl)N23)cc1. The van der Waals surface area contributed by atoms with Crippen LogP contribution in [0.5, 0.6) is 0 Å². The van der Waals surface area contributed by atoms with Crippen LogP contribution in [0.15, 0.2) is 100 Å². The first-order chi connectivity index (χ1) is 17.1. The molecule has 0 amide bonds. The molecule has 2 aliphatic heterocycles. The second kappa shape index (κ2) is 9.34. The lowest BCUT2D eigenvalue weighted by molar-refractivity contribution is 0.458. The second-order valence-electron chi connectivity index (χ2n) is 8.73. The second-order valence-corrected chi connectivity index (χ2v) is 10.4. The van der Waals surface area contributed by atoms with Crippen LogP contribution in [0.1, 0.15) is 42.0 Å². The van der Waals surface area contributed by atoms with Crippen molar-refractivity contribution in [3.05, 3.63) is 128 Å². The predicted octanol–water partition coefficient (Wildman–Crippen LogP) is 9.11. The van der Waals surface area contributed by atoms with Gasteiger partial charge in [0, 0.05) is 15.5 Å². The molecule has 0 fully saturated rings. The molecule has 6 rings (SSSR count). The van der Waals surface area contributed by atoms with Gasteiger partial charge in [-0.05, 0) is 89.6 Å². The Hall–Kier alpha value is -2.79. The monoisotopic (exact) mass is 518 g/mol. The number of fused-ring (bicyclic) bond motifs is 1. The Kier molecular flexibility index (Phi) is 6.05. The average molecular weight is 519 g/mol. The summed E-state index contributed by atoms with van der Waals surface area (Å²) in [7, 11) is 0. The molecule has 0 aromatic heterocycles. The molecular weight excluding hydrogens is 498 g/mol. The van der Waals surface area contributed by atoms with Crippen molar-refractivity contribution in [1.29, 1.82) is 0 Å². The fraction of sp³-hybridized carbons (Fsp3) is 0.138. The molecule has 6 heteroatoms. The summed E-state index contributed by atoms with van der Waals surface area (Å²) in [6.07, 6.45) is 5.07. The van der Waals surface area contributed by atoms with Crippen molar-refractivity contribution < 1.29 is 4.39 Å². The molecule has 0 spiro atoms. The normalized spacial score (nSPS) is 20.5. The van der Waals surface area contributed by atoms with Gasteiger partial charge in [-0.25, -0.2) is 9.38 Å². The molecule has 174 valence electrons. The Balaban J connectivity index is 1.52. The summed E-state index contributed by atoms with van der Waals surface area (Å²) in [6.45, 7) is 0. The fourth-order valence-electron chi connectivity index (χ4n) is 5.00. The van der Waals surface area contributed by atoms with Crippen molar-refractivity contribution in [3.63, 3.8) is 0 Å². The zero-order valence-corrected chi connectivity index (χ0v) is 21.0. The largest absolute Gasteiger partial charge is 0.308 e. The molecule has 0 N–H and O–H groups in total. The van der Waals surface area contributed by atoms with E-state index in [0.717, 1.165) is 62.6 Å². The van der Waals surface area contributed by atoms with Crippen molar-refractivity contribution >= 4 is 51.9 Å². The average Bonchev–Trinajstić information content (AvgIpc) is 3.29. The Morgan fingerprint density at radius 1 is 0.914 bits per heavy atom. The van der Waals surface area contributed by atoms with Crippen LogP contribution in [0, 0.1) is 5.82 Å². The molecule has 3 aromatic rings. The van der Waals surface area contributed by atoms with Crippen LogP contribution >= 0.6 is 35.0 Å². The number of halogens is 3. The zero-order valence-electron chi connectivity index (χ0n) is 18.7. The van der Waals surface area contributed by atoms with Gasteiger partial charge in [-0.3, -0.25) is 0 Å². The predicted molar refractivity (Wildman–Crippen MR) is 146 cm³/mol. The van der Waals surface area contributed by atoms with E-state index in [2.05, 4.69) is 22.5 Å². The fourth-order valence-corrected chi connectivity index (χ4v) is 6.36. The third-order valence-corrected chi connectivity index (χ3v) is 8.14. The number of amidine groups is 1. The van der Waals surface area contributed by atoms with Crippen molar-refractivity contribution in [2.24, 2.45) is 4.99 Å². The van der Waals surface area contributed by atoms with Crippen molar-refractivity contribution in [2.45, 2.75) is 25.3 Å². The number of allylic oxidation sites excluding steroid dienone is 1. The minimum absolute atomic E-state index is 0.0903. The first-order valence-corrected chi connectivity index (χ1v) is 13.2. The highest BCUT2D eigenvalue weighted by atomic mass is 35.5. The van der Waals surface area contributed by atoms with Gasteiger partial charge in [0.1, 0.15) is 5.82 Å². The van der Waals surface area contributed by atoms with Gasteiger partial charge in [-0.2, -0.15) is 0 Å². The Labute approximate surface area is 218 Å². The lowest BCUT2D eigenvalue weighted by atomic mass is 9.82. The van der Waals surface area contributed by atoms with Gasteiger partial charge in [-0.1, -0.05) is 71.4 Å². The molecule has 1 atom stereocenters. The van der Waals surface area contributed by atoms with Gasteiger partial charge in [0.05, 0.1) is 17.4 Å². The van der Waals surface area contributed by atoms with E-state index in [9.17, 15) is 4.39 Å². The first-order valence-electron chi connectivity index (χ1n) is 11.5. The molecule has 0 bridgehead atoms. The smallest absolute Gasteiger partial charge is 0.174 e. The van der Waals surface area contributed by atoms with E-state index in [4.69, 9.17) is 28.2 Å².